The molecule has 1 amide bonds. The molecule has 0 radical (unpaired) electrons. The molecule has 1 aliphatic rings. The second kappa shape index (κ2) is 6.19. The van der Waals surface area contributed by atoms with Crippen molar-refractivity contribution in [2.24, 2.45) is 10.9 Å². The quantitative estimate of drug-likeness (QED) is 0.263. The lowest BCUT2D eigenvalue weighted by molar-refractivity contribution is -0.119. The Labute approximate surface area is 111 Å². The van der Waals surface area contributed by atoms with E-state index in [4.69, 9.17) is 10.9 Å². The van der Waals surface area contributed by atoms with E-state index in [1.165, 1.54) is 0 Å². The Bertz CT molecular complexity index is 470. The van der Waals surface area contributed by atoms with E-state index in [-0.39, 0.29) is 17.8 Å². The maximum absolute atomic E-state index is 11.0. The largest absolute Gasteiger partial charge is 0.409 e. The Morgan fingerprint density at radius 1 is 1.47 bits per heavy atom. The Morgan fingerprint density at radius 3 is 2.79 bits per heavy atom. The number of hydrogen-bond donors (Lipinski definition) is 4. The second-order valence-electron chi connectivity index (χ2n) is 4.62. The van der Waals surface area contributed by atoms with Crippen LogP contribution in [0.5, 0.6) is 0 Å². The van der Waals surface area contributed by atoms with Crippen LogP contribution in [0.2, 0.25) is 0 Å². The highest BCUT2D eigenvalue weighted by molar-refractivity contribution is 5.96. The lowest BCUT2D eigenvalue weighted by Crippen LogP contribution is -2.35. The van der Waals surface area contributed by atoms with Crippen LogP contribution in [0.4, 0.5) is 0 Å². The summed E-state index contributed by atoms with van der Waals surface area (Å²) in [6, 6.07) is 7.71. The highest BCUT2D eigenvalue weighted by atomic mass is 16.4. The first kappa shape index (κ1) is 13.4. The van der Waals surface area contributed by atoms with Gasteiger partial charge in [0, 0.05) is 31.1 Å². The summed E-state index contributed by atoms with van der Waals surface area (Å²) in [4.78, 5) is 11.0. The molecule has 0 bridgehead atoms. The molecule has 1 aliphatic heterocycles. The maximum Gasteiger partial charge on any atom is 0.220 e. The van der Waals surface area contributed by atoms with Crippen LogP contribution in [0.1, 0.15) is 24.0 Å². The topological polar surface area (TPSA) is 99.7 Å². The average molecular weight is 262 g/mol. The zero-order valence-corrected chi connectivity index (χ0v) is 10.6. The molecule has 0 spiro atoms. The number of amides is 1. The lowest BCUT2D eigenvalue weighted by atomic mass is 10.1. The van der Waals surface area contributed by atoms with Crippen LogP contribution in [-0.4, -0.2) is 29.5 Å². The number of oxime groups is 1. The average Bonchev–Trinajstić information content (AvgIpc) is 2.84. The van der Waals surface area contributed by atoms with Gasteiger partial charge in [-0.15, -0.1) is 0 Å². The number of nitrogens with two attached hydrogens (primary N) is 1. The number of amidine groups is 1. The maximum atomic E-state index is 11.0. The summed E-state index contributed by atoms with van der Waals surface area (Å²) >= 11 is 0. The Kier molecular flexibility index (Phi) is 4.35. The first-order chi connectivity index (χ1) is 9.19. The summed E-state index contributed by atoms with van der Waals surface area (Å²) in [7, 11) is 0. The summed E-state index contributed by atoms with van der Waals surface area (Å²) < 4.78 is 0. The van der Waals surface area contributed by atoms with Crippen LogP contribution in [0, 0.1) is 0 Å². The number of nitrogens with one attached hydrogen (secondary N) is 2. The van der Waals surface area contributed by atoms with Gasteiger partial charge in [-0.3, -0.25) is 4.79 Å². The molecule has 1 aromatic carbocycles. The summed E-state index contributed by atoms with van der Waals surface area (Å²) in [6.45, 7) is 1.50. The second-order valence-corrected chi connectivity index (χ2v) is 4.62. The van der Waals surface area contributed by atoms with E-state index in [9.17, 15) is 4.79 Å². The van der Waals surface area contributed by atoms with E-state index in [1.54, 1.807) is 0 Å². The highest BCUT2D eigenvalue weighted by Gasteiger charge is 2.19. The van der Waals surface area contributed by atoms with Gasteiger partial charge in [0.2, 0.25) is 5.91 Å². The fourth-order valence-electron chi connectivity index (χ4n) is 2.07. The van der Waals surface area contributed by atoms with Crippen molar-refractivity contribution in [2.45, 2.75) is 25.4 Å². The van der Waals surface area contributed by atoms with E-state index in [1.807, 2.05) is 24.3 Å². The highest BCUT2D eigenvalue weighted by Crippen LogP contribution is 2.07. The van der Waals surface area contributed by atoms with Gasteiger partial charge in [0.25, 0.3) is 0 Å². The first-order valence-corrected chi connectivity index (χ1v) is 6.26. The summed E-state index contributed by atoms with van der Waals surface area (Å²) in [6.07, 6.45) is 1.52. The van der Waals surface area contributed by atoms with Crippen LogP contribution in [0.25, 0.3) is 0 Å². The van der Waals surface area contributed by atoms with Gasteiger partial charge < -0.3 is 21.6 Å². The zero-order chi connectivity index (χ0) is 13.7. The van der Waals surface area contributed by atoms with Crippen molar-refractivity contribution < 1.29 is 10.0 Å². The molecule has 0 aliphatic carbocycles. The van der Waals surface area contributed by atoms with Crippen LogP contribution in [0.15, 0.2) is 29.4 Å². The fourth-order valence-corrected chi connectivity index (χ4v) is 2.07. The molecule has 1 fully saturated rings. The van der Waals surface area contributed by atoms with Gasteiger partial charge in [0.05, 0.1) is 0 Å². The number of hydrogen-bond acceptors (Lipinski definition) is 4. The molecule has 0 aromatic heterocycles. The minimum absolute atomic E-state index is 0.105. The Balaban J connectivity index is 1.78. The molecule has 102 valence electrons. The van der Waals surface area contributed by atoms with Crippen molar-refractivity contribution in [1.29, 1.82) is 0 Å². The van der Waals surface area contributed by atoms with Crippen molar-refractivity contribution in [3.63, 3.8) is 0 Å². The summed E-state index contributed by atoms with van der Waals surface area (Å²) in [5.74, 6) is 0.239. The molecular weight excluding hydrogens is 244 g/mol. The third-order valence-corrected chi connectivity index (χ3v) is 3.16. The molecule has 1 aromatic rings. The van der Waals surface area contributed by atoms with E-state index < -0.39 is 0 Å². The van der Waals surface area contributed by atoms with Crippen molar-refractivity contribution in [2.75, 3.05) is 6.54 Å². The van der Waals surface area contributed by atoms with E-state index in [0.29, 0.717) is 12.0 Å². The smallest absolute Gasteiger partial charge is 0.220 e. The SMILES string of the molecule is NC(=NO)c1ccc(CNCC2CCC(=O)N2)cc1. The molecule has 6 heteroatoms. The van der Waals surface area contributed by atoms with Gasteiger partial charge in [0.1, 0.15) is 0 Å². The molecule has 1 atom stereocenters. The summed E-state index contributed by atoms with van der Waals surface area (Å²) in [5, 5.41) is 17.7. The van der Waals surface area contributed by atoms with E-state index in [2.05, 4.69) is 15.8 Å². The zero-order valence-electron chi connectivity index (χ0n) is 10.6. The molecular formula is C13H18N4O2. The predicted molar refractivity (Wildman–Crippen MR) is 71.8 cm³/mol. The molecule has 5 N–H and O–H groups in total. The van der Waals surface area contributed by atoms with Crippen LogP contribution >= 0.6 is 0 Å². The minimum atomic E-state index is 0.105. The van der Waals surface area contributed by atoms with Gasteiger partial charge in [-0.25, -0.2) is 0 Å². The standard InChI is InChI=1S/C13H18N4O2/c14-13(17-19)10-3-1-9(2-4-10)7-15-8-11-5-6-12(18)16-11/h1-4,11,15,19H,5-8H2,(H2,14,17)(H,16,18). The molecule has 1 heterocycles. The van der Waals surface area contributed by atoms with Crippen molar-refractivity contribution in [3.05, 3.63) is 35.4 Å². The summed E-state index contributed by atoms with van der Waals surface area (Å²) in [5.41, 5.74) is 7.28. The minimum Gasteiger partial charge on any atom is -0.409 e. The molecule has 6 nitrogen and oxygen atoms in total. The van der Waals surface area contributed by atoms with Gasteiger partial charge in [-0.2, -0.15) is 0 Å². The Hall–Kier alpha value is -2.08. The number of nitrogens with zero attached hydrogens (tertiary/aromatic N) is 1. The van der Waals surface area contributed by atoms with E-state index in [0.717, 1.165) is 25.1 Å². The fraction of sp³-hybridized carbons (Fsp3) is 0.385. The number of benzene rings is 1. The van der Waals surface area contributed by atoms with Gasteiger partial charge in [0.15, 0.2) is 5.84 Å². The first-order valence-electron chi connectivity index (χ1n) is 6.26. The monoisotopic (exact) mass is 262 g/mol. The Morgan fingerprint density at radius 2 is 2.21 bits per heavy atom. The number of rotatable bonds is 5. The molecule has 1 saturated heterocycles. The number of carbonyl (C=O) groups is 1. The normalized spacial score (nSPS) is 19.5. The van der Waals surface area contributed by atoms with Crippen molar-refractivity contribution in [1.82, 2.24) is 10.6 Å². The lowest BCUT2D eigenvalue weighted by Gasteiger charge is -2.11. The molecule has 0 saturated carbocycles. The molecule has 19 heavy (non-hydrogen) atoms. The van der Waals surface area contributed by atoms with Gasteiger partial charge in [-0.05, 0) is 12.0 Å². The van der Waals surface area contributed by atoms with Gasteiger partial charge in [-0.1, -0.05) is 29.4 Å². The van der Waals surface area contributed by atoms with Gasteiger partial charge >= 0.3 is 0 Å². The third-order valence-electron chi connectivity index (χ3n) is 3.16. The predicted octanol–water partition coefficient (Wildman–Crippen LogP) is 0.149. The molecule has 2 rings (SSSR count). The van der Waals surface area contributed by atoms with E-state index >= 15 is 0 Å². The van der Waals surface area contributed by atoms with Crippen molar-refractivity contribution in [3.8, 4) is 0 Å². The van der Waals surface area contributed by atoms with Crippen LogP contribution < -0.4 is 16.4 Å². The number of carbonyl (C=O) groups excluding carboxylic acids is 1. The van der Waals surface area contributed by atoms with Crippen LogP contribution in [0.3, 0.4) is 0 Å². The molecule has 1 unspecified atom stereocenters. The van der Waals surface area contributed by atoms with Crippen molar-refractivity contribution >= 4 is 11.7 Å². The van der Waals surface area contributed by atoms with Crippen LogP contribution in [-0.2, 0) is 11.3 Å². The third kappa shape index (κ3) is 3.69.